The molecule has 0 bridgehead atoms. The molecule has 0 atom stereocenters. The highest BCUT2D eigenvalue weighted by atomic mass is 32.2. The lowest BCUT2D eigenvalue weighted by Crippen LogP contribution is -2.44. The number of sulfonamides is 1. The highest BCUT2D eigenvalue weighted by molar-refractivity contribution is 7.88. The minimum atomic E-state index is -3.27. The summed E-state index contributed by atoms with van der Waals surface area (Å²) in [5.41, 5.74) is 0.596. The Morgan fingerprint density at radius 2 is 2.11 bits per heavy atom. The Morgan fingerprint density at radius 3 is 2.72 bits per heavy atom. The Kier molecular flexibility index (Phi) is 4.31. The van der Waals surface area contributed by atoms with Gasteiger partial charge in [0.1, 0.15) is 5.75 Å². The molecule has 2 rings (SSSR count). The molecule has 1 fully saturated rings. The van der Waals surface area contributed by atoms with Crippen molar-refractivity contribution in [1.82, 2.24) is 14.6 Å². The number of pyridine rings is 1. The summed E-state index contributed by atoms with van der Waals surface area (Å²) in [7, 11) is -1.60. The molecule has 0 radical (unpaired) electrons. The number of nitrogens with one attached hydrogen (secondary N) is 1. The summed E-state index contributed by atoms with van der Waals surface area (Å²) in [6.07, 6.45) is 3.37. The van der Waals surface area contributed by atoms with Crippen LogP contribution < -0.4 is 5.32 Å². The molecule has 1 aromatic heterocycles. The minimum absolute atomic E-state index is 0.0196. The zero-order valence-electron chi connectivity index (χ0n) is 10.5. The quantitative estimate of drug-likeness (QED) is 0.869. The molecule has 0 unspecified atom stereocenters. The number of nitrogens with zero attached hydrogens (tertiary/aromatic N) is 2. The SMILES string of the molecule is CN(C1CCNCC1)S(=O)(=O)Cc1ccccn1. The van der Waals surface area contributed by atoms with Crippen molar-refractivity contribution in [1.29, 1.82) is 0 Å². The molecule has 0 aromatic carbocycles. The fourth-order valence-corrected chi connectivity index (χ4v) is 3.58. The second-order valence-corrected chi connectivity index (χ2v) is 6.60. The molecular formula is C12H19N3O2S. The van der Waals surface area contributed by atoms with Gasteiger partial charge in [-0.15, -0.1) is 0 Å². The van der Waals surface area contributed by atoms with Crippen LogP contribution in [-0.2, 0) is 15.8 Å². The monoisotopic (exact) mass is 269 g/mol. The molecule has 5 nitrogen and oxygen atoms in total. The van der Waals surface area contributed by atoms with Crippen LogP contribution >= 0.6 is 0 Å². The van der Waals surface area contributed by atoms with Crippen LogP contribution in [0.3, 0.4) is 0 Å². The van der Waals surface area contributed by atoms with E-state index in [0.29, 0.717) is 5.69 Å². The molecule has 0 spiro atoms. The van der Waals surface area contributed by atoms with E-state index in [2.05, 4.69) is 10.3 Å². The van der Waals surface area contributed by atoms with E-state index in [1.807, 2.05) is 6.07 Å². The van der Waals surface area contributed by atoms with Crippen molar-refractivity contribution in [2.45, 2.75) is 24.6 Å². The summed E-state index contributed by atoms with van der Waals surface area (Å²) >= 11 is 0. The van der Waals surface area contributed by atoms with E-state index in [9.17, 15) is 8.42 Å². The van der Waals surface area contributed by atoms with Gasteiger partial charge in [0.15, 0.2) is 0 Å². The van der Waals surface area contributed by atoms with E-state index in [-0.39, 0.29) is 11.8 Å². The third-order valence-electron chi connectivity index (χ3n) is 3.32. The molecule has 2 heterocycles. The van der Waals surface area contributed by atoms with E-state index in [1.54, 1.807) is 25.4 Å². The molecule has 0 saturated carbocycles. The molecule has 6 heteroatoms. The first-order chi connectivity index (χ1) is 8.59. The largest absolute Gasteiger partial charge is 0.317 e. The van der Waals surface area contributed by atoms with E-state index < -0.39 is 10.0 Å². The van der Waals surface area contributed by atoms with Gasteiger partial charge >= 0.3 is 0 Å². The van der Waals surface area contributed by atoms with Crippen LogP contribution in [0.2, 0.25) is 0 Å². The smallest absolute Gasteiger partial charge is 0.219 e. The Balaban J connectivity index is 2.05. The van der Waals surface area contributed by atoms with Crippen LogP contribution in [-0.4, -0.2) is 43.9 Å². The summed E-state index contributed by atoms with van der Waals surface area (Å²) in [6.45, 7) is 1.77. The van der Waals surface area contributed by atoms with E-state index in [0.717, 1.165) is 25.9 Å². The highest BCUT2D eigenvalue weighted by Gasteiger charge is 2.27. The third kappa shape index (κ3) is 3.28. The minimum Gasteiger partial charge on any atom is -0.317 e. The molecule has 1 aliphatic rings. The van der Waals surface area contributed by atoms with Gasteiger partial charge in [0.25, 0.3) is 0 Å². The average molecular weight is 269 g/mol. The van der Waals surface area contributed by atoms with Crippen LogP contribution in [0.1, 0.15) is 18.5 Å². The summed E-state index contributed by atoms with van der Waals surface area (Å²) in [5, 5.41) is 3.24. The fourth-order valence-electron chi connectivity index (χ4n) is 2.17. The third-order valence-corrected chi connectivity index (χ3v) is 5.15. The zero-order chi connectivity index (χ0) is 13.0. The lowest BCUT2D eigenvalue weighted by molar-refractivity contribution is 0.296. The Hall–Kier alpha value is -0.980. The number of hydrogen-bond donors (Lipinski definition) is 1. The van der Waals surface area contributed by atoms with E-state index >= 15 is 0 Å². The zero-order valence-corrected chi connectivity index (χ0v) is 11.4. The van der Waals surface area contributed by atoms with Crippen LogP contribution in [0.5, 0.6) is 0 Å². The van der Waals surface area contributed by atoms with Gasteiger partial charge in [-0.25, -0.2) is 12.7 Å². The molecule has 1 aliphatic heterocycles. The average Bonchev–Trinajstić information content (AvgIpc) is 2.39. The van der Waals surface area contributed by atoms with E-state index in [4.69, 9.17) is 0 Å². The number of rotatable bonds is 4. The normalized spacial score (nSPS) is 18.1. The van der Waals surface area contributed by atoms with Crippen LogP contribution in [0.4, 0.5) is 0 Å². The van der Waals surface area contributed by atoms with Gasteiger partial charge in [-0.1, -0.05) is 6.07 Å². The number of hydrogen-bond acceptors (Lipinski definition) is 4. The maximum atomic E-state index is 12.3. The van der Waals surface area contributed by atoms with Gasteiger partial charge in [-0.3, -0.25) is 4.98 Å². The first-order valence-corrected chi connectivity index (χ1v) is 7.77. The molecule has 1 saturated heterocycles. The molecular weight excluding hydrogens is 250 g/mol. The van der Waals surface area contributed by atoms with Gasteiger partial charge in [-0.2, -0.15) is 0 Å². The maximum Gasteiger partial charge on any atom is 0.219 e. The molecule has 0 amide bonds. The second kappa shape index (κ2) is 5.77. The Morgan fingerprint density at radius 1 is 1.39 bits per heavy atom. The second-order valence-electron chi connectivity index (χ2n) is 4.57. The van der Waals surface area contributed by atoms with Gasteiger partial charge in [0.05, 0.1) is 5.69 Å². The predicted octanol–water partition coefficient (Wildman–Crippen LogP) is 0.595. The lowest BCUT2D eigenvalue weighted by atomic mass is 10.1. The summed E-state index contributed by atoms with van der Waals surface area (Å²) in [6, 6.07) is 5.45. The topological polar surface area (TPSA) is 62.3 Å². The Bertz CT molecular complexity index is 469. The van der Waals surface area contributed by atoms with Gasteiger partial charge in [-0.05, 0) is 38.1 Å². The summed E-state index contributed by atoms with van der Waals surface area (Å²) < 4.78 is 26.0. The number of piperidine rings is 1. The summed E-state index contributed by atoms with van der Waals surface area (Å²) in [5.74, 6) is -0.0196. The van der Waals surface area contributed by atoms with Gasteiger partial charge in [0, 0.05) is 19.3 Å². The van der Waals surface area contributed by atoms with Crippen molar-refractivity contribution in [2.24, 2.45) is 0 Å². The molecule has 18 heavy (non-hydrogen) atoms. The molecule has 100 valence electrons. The fraction of sp³-hybridized carbons (Fsp3) is 0.583. The van der Waals surface area contributed by atoms with Gasteiger partial charge < -0.3 is 5.32 Å². The van der Waals surface area contributed by atoms with Crippen LogP contribution in [0.25, 0.3) is 0 Å². The molecule has 1 aromatic rings. The van der Waals surface area contributed by atoms with E-state index in [1.165, 1.54) is 4.31 Å². The van der Waals surface area contributed by atoms with Crippen LogP contribution in [0, 0.1) is 0 Å². The van der Waals surface area contributed by atoms with Gasteiger partial charge in [0.2, 0.25) is 10.0 Å². The van der Waals surface area contributed by atoms with Crippen molar-refractivity contribution in [2.75, 3.05) is 20.1 Å². The maximum absolute atomic E-state index is 12.3. The lowest BCUT2D eigenvalue weighted by Gasteiger charge is -2.30. The van der Waals surface area contributed by atoms with Crippen molar-refractivity contribution >= 4 is 10.0 Å². The first kappa shape index (κ1) is 13.5. The van der Waals surface area contributed by atoms with Crippen molar-refractivity contribution in [3.63, 3.8) is 0 Å². The Labute approximate surface area is 108 Å². The predicted molar refractivity (Wildman–Crippen MR) is 70.5 cm³/mol. The van der Waals surface area contributed by atoms with Crippen molar-refractivity contribution in [3.05, 3.63) is 30.1 Å². The standard InChI is InChI=1S/C12H19N3O2S/c1-15(12-5-8-13-9-6-12)18(16,17)10-11-4-2-3-7-14-11/h2-4,7,12-13H,5-6,8-10H2,1H3. The molecule has 1 N–H and O–H groups in total. The van der Waals surface area contributed by atoms with Crippen LogP contribution in [0.15, 0.2) is 24.4 Å². The number of aromatic nitrogens is 1. The molecule has 0 aliphatic carbocycles. The first-order valence-electron chi connectivity index (χ1n) is 6.16. The van der Waals surface area contributed by atoms with Crippen molar-refractivity contribution < 1.29 is 8.42 Å². The summed E-state index contributed by atoms with van der Waals surface area (Å²) in [4.78, 5) is 4.07. The highest BCUT2D eigenvalue weighted by Crippen LogP contribution is 2.16. The van der Waals surface area contributed by atoms with Crippen molar-refractivity contribution in [3.8, 4) is 0 Å².